The number of ether oxygens (including phenoxy) is 1. The molecule has 1 saturated heterocycles. The summed E-state index contributed by atoms with van der Waals surface area (Å²) in [5, 5.41) is 12.4. The van der Waals surface area contributed by atoms with Crippen molar-refractivity contribution in [2.24, 2.45) is 11.8 Å². The maximum absolute atomic E-state index is 12.7. The Hall–Kier alpha value is -1.75. The lowest BCUT2D eigenvalue weighted by Gasteiger charge is -2.33. The van der Waals surface area contributed by atoms with Crippen molar-refractivity contribution in [3.05, 3.63) is 29.8 Å². The first-order valence-corrected chi connectivity index (χ1v) is 8.84. The molecule has 0 aliphatic carbocycles. The summed E-state index contributed by atoms with van der Waals surface area (Å²) in [4.78, 5) is 14.5. The van der Waals surface area contributed by atoms with Gasteiger partial charge in [0, 0.05) is 25.3 Å². The minimum absolute atomic E-state index is 0.0251. The average molecular weight is 334 g/mol. The van der Waals surface area contributed by atoms with Crippen LogP contribution in [0.3, 0.4) is 0 Å². The van der Waals surface area contributed by atoms with E-state index in [-0.39, 0.29) is 18.7 Å². The summed E-state index contributed by atoms with van der Waals surface area (Å²) in [6.45, 7) is 5.93. The standard InChI is InChI=1S/C19H30N2O3/c1-14(2)12-17(16-6-4-5-7-18(16)24-3)20-19(23)21-10-8-15(13-22)9-11-21/h4-7,14-15,17,22H,8-13H2,1-3H3,(H,20,23). The normalized spacial score (nSPS) is 17.0. The van der Waals surface area contributed by atoms with Gasteiger partial charge in [0.15, 0.2) is 0 Å². The van der Waals surface area contributed by atoms with E-state index < -0.39 is 0 Å². The Kier molecular flexibility index (Phi) is 6.91. The summed E-state index contributed by atoms with van der Waals surface area (Å²) < 4.78 is 5.47. The molecule has 1 aromatic rings. The molecule has 134 valence electrons. The second-order valence-electron chi connectivity index (χ2n) is 6.99. The van der Waals surface area contributed by atoms with Crippen molar-refractivity contribution in [1.82, 2.24) is 10.2 Å². The van der Waals surface area contributed by atoms with Crippen LogP contribution in [-0.4, -0.2) is 42.8 Å². The van der Waals surface area contributed by atoms with Gasteiger partial charge in [-0.05, 0) is 37.2 Å². The zero-order valence-corrected chi connectivity index (χ0v) is 15.0. The summed E-state index contributed by atoms with van der Waals surface area (Å²) in [6, 6.07) is 7.78. The Morgan fingerprint density at radius 1 is 1.33 bits per heavy atom. The van der Waals surface area contributed by atoms with E-state index in [9.17, 15) is 9.90 Å². The third-order valence-electron chi connectivity index (χ3n) is 4.68. The van der Waals surface area contributed by atoms with Crippen LogP contribution < -0.4 is 10.1 Å². The lowest BCUT2D eigenvalue weighted by molar-refractivity contribution is 0.135. The van der Waals surface area contributed by atoms with Gasteiger partial charge in [0.1, 0.15) is 5.75 Å². The van der Waals surface area contributed by atoms with E-state index >= 15 is 0 Å². The van der Waals surface area contributed by atoms with E-state index in [4.69, 9.17) is 4.74 Å². The van der Waals surface area contributed by atoms with Crippen LogP contribution in [-0.2, 0) is 0 Å². The first-order valence-electron chi connectivity index (χ1n) is 8.84. The third kappa shape index (κ3) is 4.87. The van der Waals surface area contributed by atoms with Gasteiger partial charge in [-0.25, -0.2) is 4.79 Å². The number of nitrogens with one attached hydrogen (secondary N) is 1. The van der Waals surface area contributed by atoms with Crippen LogP contribution in [0.5, 0.6) is 5.75 Å². The largest absolute Gasteiger partial charge is 0.496 e. The number of aliphatic hydroxyl groups excluding tert-OH is 1. The first-order chi connectivity index (χ1) is 11.5. The van der Waals surface area contributed by atoms with Gasteiger partial charge in [0.2, 0.25) is 0 Å². The number of para-hydroxylation sites is 1. The number of carbonyl (C=O) groups excluding carboxylic acids is 1. The molecule has 0 spiro atoms. The van der Waals surface area contributed by atoms with Crippen molar-refractivity contribution in [2.45, 2.75) is 39.2 Å². The molecule has 0 radical (unpaired) electrons. The fraction of sp³-hybridized carbons (Fsp3) is 0.632. The fourth-order valence-corrected chi connectivity index (χ4v) is 3.25. The third-order valence-corrected chi connectivity index (χ3v) is 4.68. The highest BCUT2D eigenvalue weighted by atomic mass is 16.5. The highest BCUT2D eigenvalue weighted by Crippen LogP contribution is 2.29. The van der Waals surface area contributed by atoms with E-state index in [0.29, 0.717) is 24.9 Å². The zero-order valence-electron chi connectivity index (χ0n) is 15.0. The lowest BCUT2D eigenvalue weighted by Crippen LogP contribution is -2.46. The molecule has 1 aliphatic rings. The molecule has 0 saturated carbocycles. The van der Waals surface area contributed by atoms with Gasteiger partial charge in [-0.1, -0.05) is 32.0 Å². The van der Waals surface area contributed by atoms with Crippen LogP contribution in [0.2, 0.25) is 0 Å². The van der Waals surface area contributed by atoms with Gasteiger partial charge in [-0.2, -0.15) is 0 Å². The second kappa shape index (κ2) is 8.92. The summed E-state index contributed by atoms with van der Waals surface area (Å²) in [7, 11) is 1.66. The van der Waals surface area contributed by atoms with Crippen LogP contribution >= 0.6 is 0 Å². The zero-order chi connectivity index (χ0) is 17.5. The van der Waals surface area contributed by atoms with Gasteiger partial charge in [0.05, 0.1) is 13.2 Å². The number of nitrogens with zero attached hydrogens (tertiary/aromatic N) is 1. The molecule has 1 aliphatic heterocycles. The number of aliphatic hydroxyl groups is 1. The number of hydrogen-bond acceptors (Lipinski definition) is 3. The predicted molar refractivity (Wildman–Crippen MR) is 95.1 cm³/mol. The predicted octanol–water partition coefficient (Wildman–Crippen LogP) is 3.20. The summed E-state index contributed by atoms with van der Waals surface area (Å²) in [6.07, 6.45) is 2.60. The van der Waals surface area contributed by atoms with Crippen molar-refractivity contribution in [2.75, 3.05) is 26.8 Å². The highest BCUT2D eigenvalue weighted by Gasteiger charge is 2.25. The molecule has 1 atom stereocenters. The van der Waals surface area contributed by atoms with Crippen molar-refractivity contribution in [3.63, 3.8) is 0 Å². The molecule has 0 bridgehead atoms. The van der Waals surface area contributed by atoms with Crippen LogP contribution in [0.15, 0.2) is 24.3 Å². The molecular weight excluding hydrogens is 304 g/mol. The van der Waals surface area contributed by atoms with E-state index in [1.54, 1.807) is 7.11 Å². The van der Waals surface area contributed by atoms with Gasteiger partial charge in [0.25, 0.3) is 0 Å². The number of methoxy groups -OCH3 is 1. The van der Waals surface area contributed by atoms with Gasteiger partial charge < -0.3 is 20.1 Å². The molecule has 2 rings (SSSR count). The fourth-order valence-electron chi connectivity index (χ4n) is 3.25. The molecular formula is C19H30N2O3. The van der Waals surface area contributed by atoms with E-state index in [1.807, 2.05) is 29.2 Å². The van der Waals surface area contributed by atoms with Crippen LogP contribution in [0, 0.1) is 11.8 Å². The number of piperidine rings is 1. The molecule has 5 heteroatoms. The first kappa shape index (κ1) is 18.6. The number of carbonyl (C=O) groups is 1. The maximum atomic E-state index is 12.7. The molecule has 1 aromatic carbocycles. The Bertz CT molecular complexity index is 525. The molecule has 0 aromatic heterocycles. The van der Waals surface area contributed by atoms with Crippen molar-refractivity contribution < 1.29 is 14.6 Å². The average Bonchev–Trinajstić information content (AvgIpc) is 2.60. The maximum Gasteiger partial charge on any atom is 0.317 e. The van der Waals surface area contributed by atoms with Crippen molar-refractivity contribution in [1.29, 1.82) is 0 Å². The van der Waals surface area contributed by atoms with Crippen LogP contribution in [0.1, 0.15) is 44.7 Å². The topological polar surface area (TPSA) is 61.8 Å². The van der Waals surface area contributed by atoms with E-state index in [2.05, 4.69) is 19.2 Å². The van der Waals surface area contributed by atoms with Crippen molar-refractivity contribution >= 4 is 6.03 Å². The summed E-state index contributed by atoms with van der Waals surface area (Å²) in [5.41, 5.74) is 1.02. The van der Waals surface area contributed by atoms with Crippen molar-refractivity contribution in [3.8, 4) is 5.75 Å². The molecule has 1 heterocycles. The summed E-state index contributed by atoms with van der Waals surface area (Å²) in [5.74, 6) is 1.59. The van der Waals surface area contributed by atoms with E-state index in [0.717, 1.165) is 30.6 Å². The second-order valence-corrected chi connectivity index (χ2v) is 6.99. The van der Waals surface area contributed by atoms with Crippen LogP contribution in [0.25, 0.3) is 0 Å². The molecule has 2 N–H and O–H groups in total. The Morgan fingerprint density at radius 3 is 2.58 bits per heavy atom. The Balaban J connectivity index is 2.07. The quantitative estimate of drug-likeness (QED) is 0.840. The molecule has 5 nitrogen and oxygen atoms in total. The molecule has 2 amide bonds. The Labute approximate surface area is 145 Å². The summed E-state index contributed by atoms with van der Waals surface area (Å²) >= 11 is 0. The smallest absolute Gasteiger partial charge is 0.317 e. The number of rotatable bonds is 6. The lowest BCUT2D eigenvalue weighted by atomic mass is 9.96. The van der Waals surface area contributed by atoms with Crippen LogP contribution in [0.4, 0.5) is 4.79 Å². The van der Waals surface area contributed by atoms with Gasteiger partial charge in [-0.15, -0.1) is 0 Å². The number of hydrogen-bond donors (Lipinski definition) is 2. The van der Waals surface area contributed by atoms with Gasteiger partial charge >= 0.3 is 6.03 Å². The SMILES string of the molecule is COc1ccccc1C(CC(C)C)NC(=O)N1CCC(CO)CC1. The number of likely N-dealkylation sites (tertiary alicyclic amines) is 1. The Morgan fingerprint density at radius 2 is 2.00 bits per heavy atom. The molecule has 24 heavy (non-hydrogen) atoms. The molecule has 1 fully saturated rings. The number of amides is 2. The molecule has 1 unspecified atom stereocenters. The highest BCUT2D eigenvalue weighted by molar-refractivity contribution is 5.75. The minimum Gasteiger partial charge on any atom is -0.496 e. The van der Waals surface area contributed by atoms with E-state index in [1.165, 1.54) is 0 Å². The number of urea groups is 1. The minimum atomic E-state index is -0.0655. The van der Waals surface area contributed by atoms with Gasteiger partial charge in [-0.3, -0.25) is 0 Å². The monoisotopic (exact) mass is 334 g/mol. The number of benzene rings is 1.